The molecule has 618 valence electrons. The van der Waals surface area contributed by atoms with E-state index in [1.807, 2.05) is 12.1 Å². The van der Waals surface area contributed by atoms with Crippen molar-refractivity contribution in [1.82, 2.24) is 19.9 Å². The number of anilines is 6. The predicted octanol–water partition coefficient (Wildman–Crippen LogP) is 33.7. The van der Waals surface area contributed by atoms with Gasteiger partial charge in [0.05, 0.1) is 34.2 Å². The first-order valence-corrected chi connectivity index (χ1v) is 44.8. The van der Waals surface area contributed by atoms with Gasteiger partial charge in [-0.15, -0.1) is 0 Å². The van der Waals surface area contributed by atoms with Gasteiger partial charge < -0.3 is 9.80 Å². The van der Waals surface area contributed by atoms with Crippen molar-refractivity contribution < 1.29 is 0 Å². The van der Waals surface area contributed by atoms with Gasteiger partial charge in [-0.05, 0) is 195 Å². The largest absolute Gasteiger partial charge is 0.310 e. The Bertz CT molecular complexity index is 7870. The summed E-state index contributed by atoms with van der Waals surface area (Å²) < 4.78 is 0. The Balaban J connectivity index is 0.000000154. The van der Waals surface area contributed by atoms with Crippen molar-refractivity contribution in [2.75, 3.05) is 9.80 Å². The third kappa shape index (κ3) is 16.2. The molecule has 6 heteroatoms. The summed E-state index contributed by atoms with van der Waals surface area (Å²) >= 11 is 0. The maximum atomic E-state index is 5.26. The summed E-state index contributed by atoms with van der Waals surface area (Å²) in [7, 11) is 0. The lowest BCUT2D eigenvalue weighted by Crippen LogP contribution is -2.14. The molecule has 1 aliphatic carbocycles. The minimum atomic E-state index is -0.106. The van der Waals surface area contributed by atoms with E-state index in [1.54, 1.807) is 0 Å². The van der Waals surface area contributed by atoms with Crippen LogP contribution in [0.5, 0.6) is 0 Å². The smallest absolute Gasteiger partial charge is 0.160 e. The first kappa shape index (κ1) is 79.8. The molecule has 0 unspecified atom stereocenters. The van der Waals surface area contributed by atoms with Crippen LogP contribution in [0.4, 0.5) is 34.1 Å². The van der Waals surface area contributed by atoms with Crippen LogP contribution in [0.1, 0.15) is 25.0 Å². The second kappa shape index (κ2) is 35.0. The van der Waals surface area contributed by atoms with Gasteiger partial charge in [-0.3, -0.25) is 0 Å². The summed E-state index contributed by atoms with van der Waals surface area (Å²) in [6.45, 7) is 4.65. The number of benzene rings is 20. The molecule has 0 fully saturated rings. The summed E-state index contributed by atoms with van der Waals surface area (Å²) in [5, 5.41) is 7.19. The van der Waals surface area contributed by atoms with Gasteiger partial charge in [0.2, 0.25) is 0 Å². The number of rotatable bonds is 18. The van der Waals surface area contributed by atoms with Crippen LogP contribution in [0.3, 0.4) is 0 Å². The van der Waals surface area contributed by atoms with E-state index in [0.717, 1.165) is 113 Å². The molecule has 1 aliphatic rings. The molecule has 0 N–H and O–H groups in total. The number of hydrogen-bond acceptors (Lipinski definition) is 6. The molecular weight excluding hydrogens is 1590 g/mol. The number of hydrogen-bond donors (Lipinski definition) is 0. The average Bonchev–Trinajstić information content (AvgIpc) is 1.57. The van der Waals surface area contributed by atoms with Gasteiger partial charge in [0, 0.05) is 72.3 Å². The van der Waals surface area contributed by atoms with E-state index in [9.17, 15) is 0 Å². The lowest BCUT2D eigenvalue weighted by Gasteiger charge is -2.27. The third-order valence-corrected chi connectivity index (χ3v) is 25.6. The fourth-order valence-electron chi connectivity index (χ4n) is 18.6. The maximum Gasteiger partial charge on any atom is 0.160 e. The summed E-state index contributed by atoms with van der Waals surface area (Å²) in [4.78, 5) is 25.4. The van der Waals surface area contributed by atoms with E-state index in [4.69, 9.17) is 19.9 Å². The van der Waals surface area contributed by atoms with E-state index in [0.29, 0.717) is 11.6 Å². The fraction of sp³-hybridized carbons (Fsp3) is 0.0240. The highest BCUT2D eigenvalue weighted by Gasteiger charge is 2.36. The molecule has 0 radical (unpaired) electrons. The van der Waals surface area contributed by atoms with E-state index < -0.39 is 0 Å². The molecule has 0 aliphatic heterocycles. The van der Waals surface area contributed by atoms with Crippen molar-refractivity contribution in [2.24, 2.45) is 0 Å². The lowest BCUT2D eigenvalue weighted by molar-refractivity contribution is 0.660. The molecule has 20 aromatic carbocycles. The van der Waals surface area contributed by atoms with Crippen molar-refractivity contribution in [2.45, 2.75) is 19.3 Å². The number of nitrogens with zero attached hydrogens (tertiary/aromatic N) is 6. The maximum absolute atomic E-state index is 5.26. The van der Waals surface area contributed by atoms with E-state index in [-0.39, 0.29) is 5.41 Å². The molecule has 0 saturated carbocycles. The summed E-state index contributed by atoms with van der Waals surface area (Å²) in [5.41, 5.74) is 35.7. The number of fused-ring (bicyclic) bond motifs is 6. The van der Waals surface area contributed by atoms with Gasteiger partial charge in [-0.2, -0.15) is 0 Å². The quantitative estimate of drug-likeness (QED) is 0.0853. The molecule has 0 bridgehead atoms. The van der Waals surface area contributed by atoms with Crippen LogP contribution in [0.25, 0.3) is 178 Å². The van der Waals surface area contributed by atoms with Crippen LogP contribution < -0.4 is 9.80 Å². The van der Waals surface area contributed by atoms with Crippen LogP contribution in [-0.2, 0) is 5.41 Å². The lowest BCUT2D eigenvalue weighted by atomic mass is 9.82. The molecule has 0 atom stereocenters. The first-order chi connectivity index (χ1) is 64.6. The Kier molecular flexibility index (Phi) is 21.4. The summed E-state index contributed by atoms with van der Waals surface area (Å²) in [5.74, 6) is 1.40. The zero-order valence-corrected chi connectivity index (χ0v) is 72.5. The topological polar surface area (TPSA) is 58.0 Å². The molecule has 6 nitrogen and oxygen atoms in total. The van der Waals surface area contributed by atoms with Crippen LogP contribution in [-0.4, -0.2) is 19.9 Å². The average molecular weight is 1670 g/mol. The van der Waals surface area contributed by atoms with E-state index in [1.165, 1.54) is 99.1 Å². The standard InChI is InChI=1S/C65H47N3.C60H41N3/c1-65(2)59-22-12-11-21-57(59)58-41-36-53(42-60(58)65)62-43-61(51-17-7-4-8-18-51)66-64(67-62)52-30-28-47(29-31-52)49-34-39-55(40-35-49)68(63-23-13-19-50-16-9-10-20-56(50)63)54-37-32-48(33-38-54)46-26-24-45(25-27-46)44-14-5-3-6-15-44;1-3-12-42(13-4-1)44-22-24-45(25-23-44)47-32-36-54(37-33-47)63(59-21-11-19-49-15-9-10-20-56(49)59)55-38-34-48(35-39-55)46-26-29-51(30-27-46)60-61-57(50-16-5-2-6-17-50)41-58(62-60)53-31-28-43-14-7-8-18-52(43)40-53/h3-43H,1-2H3;1-41H. The van der Waals surface area contributed by atoms with Crippen LogP contribution >= 0.6 is 0 Å². The molecule has 0 spiro atoms. The van der Waals surface area contributed by atoms with Crippen molar-refractivity contribution in [3.05, 3.63) is 509 Å². The van der Waals surface area contributed by atoms with Crippen LogP contribution in [0, 0.1) is 0 Å². The molecule has 131 heavy (non-hydrogen) atoms. The molecule has 2 aromatic heterocycles. The Hall–Kier alpha value is -17.1. The number of aromatic nitrogens is 4. The monoisotopic (exact) mass is 1670 g/mol. The highest BCUT2D eigenvalue weighted by Crippen LogP contribution is 2.51. The molecule has 0 saturated heterocycles. The molecule has 23 rings (SSSR count). The minimum Gasteiger partial charge on any atom is -0.310 e. The summed E-state index contributed by atoms with van der Waals surface area (Å²) in [6, 6.07) is 178. The van der Waals surface area contributed by atoms with Gasteiger partial charge in [-0.25, -0.2) is 19.9 Å². The predicted molar refractivity (Wildman–Crippen MR) is 549 cm³/mol. The van der Waals surface area contributed by atoms with Crippen LogP contribution in [0.15, 0.2) is 497 Å². The zero-order chi connectivity index (χ0) is 87.6. The van der Waals surface area contributed by atoms with Gasteiger partial charge in [-0.1, -0.05) is 426 Å². The van der Waals surface area contributed by atoms with Crippen molar-refractivity contribution >= 4 is 66.4 Å². The molecule has 2 heterocycles. The zero-order valence-electron chi connectivity index (χ0n) is 72.5. The second-order valence-electron chi connectivity index (χ2n) is 34.0. The first-order valence-electron chi connectivity index (χ1n) is 44.8. The highest BCUT2D eigenvalue weighted by molar-refractivity contribution is 6.01. The van der Waals surface area contributed by atoms with Crippen molar-refractivity contribution in [3.63, 3.8) is 0 Å². The summed E-state index contributed by atoms with van der Waals surface area (Å²) in [6.07, 6.45) is 0. The molecule has 0 amide bonds. The second-order valence-corrected chi connectivity index (χ2v) is 34.0. The SMILES string of the molecule is CC1(C)c2ccccc2-c2ccc(-c3cc(-c4ccccc4)nc(-c4ccc(-c5ccc(N(c6ccc(-c7ccc(-c8ccccc8)cc7)cc6)c6cccc7ccccc67)cc5)cc4)n3)cc21.c1ccc(-c2ccc(-c3ccc(N(c4ccc(-c5ccc(-c6nc(-c7ccccc7)cc(-c7ccc8ccccc8c7)n6)cc5)cc4)c4cccc5ccccc45)cc3)cc2)cc1. The third-order valence-electron chi connectivity index (χ3n) is 25.6. The Morgan fingerprint density at radius 1 is 0.168 bits per heavy atom. The highest BCUT2D eigenvalue weighted by atomic mass is 15.1. The van der Waals surface area contributed by atoms with Crippen molar-refractivity contribution in [1.29, 1.82) is 0 Å². The van der Waals surface area contributed by atoms with E-state index in [2.05, 4.69) is 509 Å². The van der Waals surface area contributed by atoms with E-state index >= 15 is 0 Å². The van der Waals surface area contributed by atoms with Crippen molar-refractivity contribution in [3.8, 4) is 146 Å². The minimum absolute atomic E-state index is 0.106. The normalized spacial score (nSPS) is 11.8. The van der Waals surface area contributed by atoms with Gasteiger partial charge >= 0.3 is 0 Å². The van der Waals surface area contributed by atoms with Crippen LogP contribution in [0.2, 0.25) is 0 Å². The molecular formula is C125H88N6. The van der Waals surface area contributed by atoms with Gasteiger partial charge in [0.25, 0.3) is 0 Å². The Morgan fingerprint density at radius 3 is 0.809 bits per heavy atom. The Morgan fingerprint density at radius 2 is 0.427 bits per heavy atom. The Labute approximate surface area is 764 Å². The molecule has 22 aromatic rings. The fourth-order valence-corrected chi connectivity index (χ4v) is 18.6. The van der Waals surface area contributed by atoms with Gasteiger partial charge in [0.1, 0.15) is 0 Å². The van der Waals surface area contributed by atoms with Gasteiger partial charge in [0.15, 0.2) is 11.6 Å².